The molecular formula is C11H17ClN2. The first-order chi connectivity index (χ1) is 6.53. The Hall–Kier alpha value is -0.760. The molecule has 0 saturated heterocycles. The van der Waals surface area contributed by atoms with Crippen molar-refractivity contribution < 1.29 is 0 Å². The topological polar surface area (TPSA) is 24.9 Å². The molecule has 0 spiro atoms. The maximum Gasteiger partial charge on any atom is 0.0393 e. The van der Waals surface area contributed by atoms with Gasteiger partial charge >= 0.3 is 0 Å². The molecule has 1 aromatic heterocycles. The Balaban J connectivity index is 2.68. The van der Waals surface area contributed by atoms with Crippen LogP contribution >= 0.6 is 11.6 Å². The van der Waals surface area contributed by atoms with Crippen LogP contribution in [0.15, 0.2) is 18.3 Å². The minimum atomic E-state index is 0.0372. The van der Waals surface area contributed by atoms with Crippen LogP contribution in [0, 0.1) is 6.92 Å². The summed E-state index contributed by atoms with van der Waals surface area (Å²) in [5.41, 5.74) is 2.17. The number of hydrogen-bond acceptors (Lipinski definition) is 2. The molecule has 1 heterocycles. The number of halogens is 1. The van der Waals surface area contributed by atoms with Gasteiger partial charge in [-0.25, -0.2) is 0 Å². The van der Waals surface area contributed by atoms with Crippen LogP contribution in [0.4, 0.5) is 5.69 Å². The van der Waals surface area contributed by atoms with Crippen molar-refractivity contribution >= 4 is 17.3 Å². The molecular weight excluding hydrogens is 196 g/mol. The zero-order valence-electron chi connectivity index (χ0n) is 8.97. The van der Waals surface area contributed by atoms with Gasteiger partial charge in [0.25, 0.3) is 0 Å². The summed E-state index contributed by atoms with van der Waals surface area (Å²) < 4.78 is 0. The average molecular weight is 213 g/mol. The smallest absolute Gasteiger partial charge is 0.0393 e. The van der Waals surface area contributed by atoms with Gasteiger partial charge in [0.1, 0.15) is 0 Å². The molecule has 0 aliphatic heterocycles. The van der Waals surface area contributed by atoms with Crippen molar-refractivity contribution in [1.29, 1.82) is 0 Å². The normalized spacial score (nSPS) is 11.4. The predicted octanol–water partition coefficient (Wildman–Crippen LogP) is 3.21. The zero-order chi connectivity index (χ0) is 10.6. The maximum atomic E-state index is 5.73. The van der Waals surface area contributed by atoms with E-state index >= 15 is 0 Å². The van der Waals surface area contributed by atoms with Crippen molar-refractivity contribution in [2.75, 3.05) is 11.2 Å². The fourth-order valence-corrected chi connectivity index (χ4v) is 1.79. The Morgan fingerprint density at radius 2 is 2.21 bits per heavy atom. The third-order valence-corrected chi connectivity index (χ3v) is 2.29. The molecule has 0 unspecified atom stereocenters. The Bertz CT molecular complexity index is 297. The summed E-state index contributed by atoms with van der Waals surface area (Å²) in [7, 11) is 0. The third kappa shape index (κ3) is 3.54. The van der Waals surface area contributed by atoms with Crippen LogP contribution in [0.5, 0.6) is 0 Å². The van der Waals surface area contributed by atoms with Crippen molar-refractivity contribution in [1.82, 2.24) is 4.98 Å². The van der Waals surface area contributed by atoms with Gasteiger partial charge in [-0.15, -0.1) is 11.6 Å². The standard InChI is InChI=1S/C11H17ClN2/c1-9-8-10(4-7-13-9)14-11(2,3)5-6-12/h4,7-8H,5-6H2,1-3H3,(H,13,14). The van der Waals surface area contributed by atoms with Crippen LogP contribution < -0.4 is 5.32 Å². The van der Waals surface area contributed by atoms with E-state index in [-0.39, 0.29) is 5.54 Å². The monoisotopic (exact) mass is 212 g/mol. The first-order valence-corrected chi connectivity index (χ1v) is 5.34. The second-order valence-electron chi connectivity index (χ2n) is 4.13. The Kier molecular flexibility index (Phi) is 3.76. The van der Waals surface area contributed by atoms with Gasteiger partial charge in [0, 0.05) is 29.0 Å². The number of aromatic nitrogens is 1. The van der Waals surface area contributed by atoms with Crippen molar-refractivity contribution in [3.05, 3.63) is 24.0 Å². The lowest BCUT2D eigenvalue weighted by molar-refractivity contribution is 0.550. The van der Waals surface area contributed by atoms with E-state index in [1.54, 1.807) is 0 Å². The maximum absolute atomic E-state index is 5.73. The van der Waals surface area contributed by atoms with E-state index in [2.05, 4.69) is 24.1 Å². The summed E-state index contributed by atoms with van der Waals surface area (Å²) in [5.74, 6) is 0.671. The summed E-state index contributed by atoms with van der Waals surface area (Å²) >= 11 is 5.73. The van der Waals surface area contributed by atoms with Crippen LogP contribution in [-0.2, 0) is 0 Å². The van der Waals surface area contributed by atoms with E-state index in [9.17, 15) is 0 Å². The van der Waals surface area contributed by atoms with Crippen LogP contribution in [-0.4, -0.2) is 16.4 Å². The van der Waals surface area contributed by atoms with E-state index in [0.717, 1.165) is 17.8 Å². The Morgan fingerprint density at radius 1 is 1.50 bits per heavy atom. The van der Waals surface area contributed by atoms with Gasteiger partial charge in [-0.05, 0) is 39.3 Å². The molecule has 0 fully saturated rings. The number of nitrogens with one attached hydrogen (secondary N) is 1. The van der Waals surface area contributed by atoms with E-state index in [1.165, 1.54) is 0 Å². The molecule has 78 valence electrons. The molecule has 2 nitrogen and oxygen atoms in total. The molecule has 0 aromatic carbocycles. The van der Waals surface area contributed by atoms with E-state index in [1.807, 2.05) is 25.3 Å². The molecule has 0 radical (unpaired) electrons. The summed E-state index contributed by atoms with van der Waals surface area (Å²) in [5, 5.41) is 3.44. The summed E-state index contributed by atoms with van der Waals surface area (Å²) in [6, 6.07) is 4.01. The lowest BCUT2D eigenvalue weighted by Crippen LogP contribution is -2.31. The second-order valence-corrected chi connectivity index (χ2v) is 4.51. The van der Waals surface area contributed by atoms with E-state index < -0.39 is 0 Å². The quantitative estimate of drug-likeness (QED) is 0.776. The number of anilines is 1. The zero-order valence-corrected chi connectivity index (χ0v) is 9.73. The van der Waals surface area contributed by atoms with Crippen LogP contribution in [0.1, 0.15) is 26.0 Å². The number of aryl methyl sites for hydroxylation is 1. The van der Waals surface area contributed by atoms with Gasteiger partial charge in [-0.3, -0.25) is 4.98 Å². The average Bonchev–Trinajstić information content (AvgIpc) is 2.02. The summed E-state index contributed by atoms with van der Waals surface area (Å²) in [6.07, 6.45) is 2.75. The highest BCUT2D eigenvalue weighted by molar-refractivity contribution is 6.17. The lowest BCUT2D eigenvalue weighted by Gasteiger charge is -2.26. The van der Waals surface area contributed by atoms with E-state index in [4.69, 9.17) is 11.6 Å². The molecule has 14 heavy (non-hydrogen) atoms. The van der Waals surface area contributed by atoms with Crippen molar-refractivity contribution in [3.8, 4) is 0 Å². The van der Waals surface area contributed by atoms with Gasteiger partial charge < -0.3 is 5.32 Å². The number of hydrogen-bond donors (Lipinski definition) is 1. The largest absolute Gasteiger partial charge is 0.380 e. The molecule has 1 N–H and O–H groups in total. The number of rotatable bonds is 4. The van der Waals surface area contributed by atoms with Crippen LogP contribution in [0.2, 0.25) is 0 Å². The van der Waals surface area contributed by atoms with Gasteiger partial charge in [0.05, 0.1) is 0 Å². The molecule has 0 aliphatic rings. The van der Waals surface area contributed by atoms with Crippen LogP contribution in [0.25, 0.3) is 0 Å². The number of pyridine rings is 1. The fourth-order valence-electron chi connectivity index (χ4n) is 1.31. The number of nitrogens with zero attached hydrogens (tertiary/aromatic N) is 1. The lowest BCUT2D eigenvalue weighted by atomic mass is 10.0. The van der Waals surface area contributed by atoms with Gasteiger partial charge in [0.2, 0.25) is 0 Å². The summed E-state index contributed by atoms with van der Waals surface area (Å²) in [6.45, 7) is 6.27. The highest BCUT2D eigenvalue weighted by atomic mass is 35.5. The molecule has 0 atom stereocenters. The van der Waals surface area contributed by atoms with Gasteiger partial charge in [-0.1, -0.05) is 0 Å². The SMILES string of the molecule is Cc1cc(NC(C)(C)CCCl)ccn1. The first-order valence-electron chi connectivity index (χ1n) is 4.80. The second kappa shape index (κ2) is 4.65. The highest BCUT2D eigenvalue weighted by Gasteiger charge is 2.16. The molecule has 3 heteroatoms. The third-order valence-electron chi connectivity index (χ3n) is 2.10. The van der Waals surface area contributed by atoms with Crippen LogP contribution in [0.3, 0.4) is 0 Å². The molecule has 0 aliphatic carbocycles. The molecule has 0 amide bonds. The van der Waals surface area contributed by atoms with Gasteiger partial charge in [0.15, 0.2) is 0 Å². The minimum absolute atomic E-state index is 0.0372. The van der Waals surface area contributed by atoms with Crippen molar-refractivity contribution in [2.45, 2.75) is 32.7 Å². The number of alkyl halides is 1. The fraction of sp³-hybridized carbons (Fsp3) is 0.545. The molecule has 1 rings (SSSR count). The first kappa shape index (κ1) is 11.3. The van der Waals surface area contributed by atoms with E-state index in [0.29, 0.717) is 5.88 Å². The predicted molar refractivity (Wildman–Crippen MR) is 62.0 cm³/mol. The highest BCUT2D eigenvalue weighted by Crippen LogP contribution is 2.18. The molecule has 0 bridgehead atoms. The molecule has 0 saturated carbocycles. The molecule has 1 aromatic rings. The Labute approximate surface area is 90.7 Å². The Morgan fingerprint density at radius 3 is 2.79 bits per heavy atom. The van der Waals surface area contributed by atoms with Crippen molar-refractivity contribution in [2.24, 2.45) is 0 Å². The summed E-state index contributed by atoms with van der Waals surface area (Å²) in [4.78, 5) is 4.15. The minimum Gasteiger partial charge on any atom is -0.380 e. The van der Waals surface area contributed by atoms with Crippen molar-refractivity contribution in [3.63, 3.8) is 0 Å². The van der Waals surface area contributed by atoms with Gasteiger partial charge in [-0.2, -0.15) is 0 Å².